The molecule has 0 nitrogen and oxygen atoms in total. The van der Waals surface area contributed by atoms with Crippen molar-refractivity contribution in [2.24, 2.45) is 0 Å². The number of benzene rings is 12. The molecule has 0 aliphatic carbocycles. The van der Waals surface area contributed by atoms with Gasteiger partial charge >= 0.3 is 0 Å². The van der Waals surface area contributed by atoms with Gasteiger partial charge in [0.15, 0.2) is 0 Å². The van der Waals surface area contributed by atoms with Crippen LogP contribution in [0.1, 0.15) is 0 Å². The Morgan fingerprint density at radius 2 is 0.689 bits per heavy atom. The highest BCUT2D eigenvalue weighted by Crippen LogP contribution is 2.49. The minimum atomic E-state index is 1.21. The lowest BCUT2D eigenvalue weighted by Crippen LogP contribution is -1.91. The number of hydrogen-bond donors (Lipinski definition) is 0. The fraction of sp³-hybridized carbons (Fsp3) is 0. The van der Waals surface area contributed by atoms with Crippen molar-refractivity contribution < 1.29 is 0 Å². The second-order valence-corrected chi connectivity index (χ2v) is 17.3. The van der Waals surface area contributed by atoms with Crippen LogP contribution in [0.2, 0.25) is 0 Å². The van der Waals surface area contributed by atoms with Crippen LogP contribution in [0.3, 0.4) is 0 Å². The first-order valence-electron chi connectivity index (χ1n) is 21.1. The molecule has 282 valence electrons. The molecule has 0 bridgehead atoms. The number of fused-ring (bicyclic) bond motifs is 13. The van der Waals surface area contributed by atoms with Crippen LogP contribution in [0.4, 0.5) is 0 Å². The quantitative estimate of drug-likeness (QED) is 0.123. The number of hydrogen-bond acceptors (Lipinski definition) is 1. The van der Waals surface area contributed by atoms with Gasteiger partial charge < -0.3 is 0 Å². The summed E-state index contributed by atoms with van der Waals surface area (Å²) in [7, 11) is 0. The van der Waals surface area contributed by atoms with Gasteiger partial charge in [-0.1, -0.05) is 206 Å². The van der Waals surface area contributed by atoms with Crippen molar-refractivity contribution in [1.82, 2.24) is 0 Å². The van der Waals surface area contributed by atoms with Gasteiger partial charge in [-0.3, -0.25) is 0 Å². The van der Waals surface area contributed by atoms with Crippen molar-refractivity contribution in [3.05, 3.63) is 218 Å². The fourth-order valence-corrected chi connectivity index (χ4v) is 11.6. The smallest absolute Gasteiger partial charge is 0.0434 e. The van der Waals surface area contributed by atoms with Crippen molar-refractivity contribution in [1.29, 1.82) is 0 Å². The second kappa shape index (κ2) is 13.5. The molecule has 0 atom stereocenters. The van der Waals surface area contributed by atoms with Gasteiger partial charge in [-0.2, -0.15) is 0 Å². The predicted molar refractivity (Wildman–Crippen MR) is 266 cm³/mol. The summed E-state index contributed by atoms with van der Waals surface area (Å²) in [6, 6.07) is 81.1. The van der Waals surface area contributed by atoms with Crippen LogP contribution >= 0.6 is 11.3 Å². The molecule has 0 spiro atoms. The maximum Gasteiger partial charge on any atom is 0.0434 e. The molecular weight excluding hydrogens is 753 g/mol. The Labute approximate surface area is 357 Å². The molecule has 0 saturated heterocycles. The van der Waals surface area contributed by atoms with E-state index in [0.29, 0.717) is 0 Å². The summed E-state index contributed by atoms with van der Waals surface area (Å²) >= 11 is 1.91. The molecule has 0 fully saturated rings. The van der Waals surface area contributed by atoms with Crippen LogP contribution in [0.25, 0.3) is 129 Å². The number of rotatable bonds is 4. The second-order valence-electron chi connectivity index (χ2n) is 16.3. The third-order valence-electron chi connectivity index (χ3n) is 13.1. The maximum atomic E-state index is 2.40. The van der Waals surface area contributed by atoms with E-state index in [1.165, 1.54) is 129 Å². The summed E-state index contributed by atoms with van der Waals surface area (Å²) in [6.45, 7) is 0. The zero-order chi connectivity index (χ0) is 40.0. The molecule has 61 heavy (non-hydrogen) atoms. The van der Waals surface area contributed by atoms with Gasteiger partial charge in [0.2, 0.25) is 0 Å². The van der Waals surface area contributed by atoms with Crippen molar-refractivity contribution in [3.8, 4) is 44.5 Å². The average molecular weight is 789 g/mol. The third kappa shape index (κ3) is 5.18. The van der Waals surface area contributed by atoms with Crippen LogP contribution in [0, 0.1) is 0 Å². The van der Waals surface area contributed by atoms with Gasteiger partial charge in [0.1, 0.15) is 0 Å². The molecule has 0 saturated carbocycles. The molecule has 1 aromatic heterocycles. The molecule has 0 aliphatic rings. The van der Waals surface area contributed by atoms with E-state index in [1.807, 2.05) is 11.3 Å². The Morgan fingerprint density at radius 3 is 1.33 bits per heavy atom. The van der Waals surface area contributed by atoms with Crippen LogP contribution in [0.15, 0.2) is 218 Å². The lowest BCUT2D eigenvalue weighted by Gasteiger charge is -2.19. The predicted octanol–water partition coefficient (Wildman–Crippen LogP) is 17.6. The first-order valence-corrected chi connectivity index (χ1v) is 21.9. The van der Waals surface area contributed by atoms with Gasteiger partial charge in [0.25, 0.3) is 0 Å². The molecule has 0 aliphatic heterocycles. The van der Waals surface area contributed by atoms with E-state index in [-0.39, 0.29) is 0 Å². The topological polar surface area (TPSA) is 0 Å². The van der Waals surface area contributed by atoms with Gasteiger partial charge in [0, 0.05) is 20.2 Å². The van der Waals surface area contributed by atoms with Gasteiger partial charge in [0.05, 0.1) is 0 Å². The first kappa shape index (κ1) is 34.3. The summed E-state index contributed by atoms with van der Waals surface area (Å²) < 4.78 is 2.68. The Kier molecular flexibility index (Phi) is 7.58. The van der Waals surface area contributed by atoms with Crippen molar-refractivity contribution in [2.45, 2.75) is 0 Å². The Morgan fingerprint density at radius 1 is 0.246 bits per heavy atom. The van der Waals surface area contributed by atoms with Crippen LogP contribution < -0.4 is 0 Å². The summed E-state index contributed by atoms with van der Waals surface area (Å²) in [5, 5.41) is 18.1. The lowest BCUT2D eigenvalue weighted by molar-refractivity contribution is 1.59. The van der Waals surface area contributed by atoms with Crippen molar-refractivity contribution >= 4 is 96.1 Å². The third-order valence-corrected chi connectivity index (χ3v) is 14.3. The monoisotopic (exact) mass is 788 g/mol. The molecule has 12 aromatic carbocycles. The summed E-state index contributed by atoms with van der Waals surface area (Å²) in [6.07, 6.45) is 0. The first-order chi connectivity index (χ1) is 30.3. The Balaban J connectivity index is 0.970. The highest BCUT2D eigenvalue weighted by atomic mass is 32.1. The molecule has 13 rings (SSSR count). The van der Waals surface area contributed by atoms with Crippen LogP contribution in [0.5, 0.6) is 0 Å². The van der Waals surface area contributed by atoms with E-state index in [4.69, 9.17) is 0 Å². The summed E-state index contributed by atoms with van der Waals surface area (Å²) in [5.41, 5.74) is 9.98. The summed E-state index contributed by atoms with van der Waals surface area (Å²) in [4.78, 5) is 0. The molecule has 0 radical (unpaired) electrons. The molecular formula is C60H36S. The maximum absolute atomic E-state index is 2.40. The Hall–Kier alpha value is -7.58. The highest BCUT2D eigenvalue weighted by molar-refractivity contribution is 7.26. The van der Waals surface area contributed by atoms with Crippen molar-refractivity contribution in [3.63, 3.8) is 0 Å². The minimum absolute atomic E-state index is 1.21. The van der Waals surface area contributed by atoms with E-state index < -0.39 is 0 Å². The average Bonchev–Trinajstić information content (AvgIpc) is 3.73. The summed E-state index contributed by atoms with van der Waals surface area (Å²) in [5.74, 6) is 0. The fourth-order valence-electron chi connectivity index (χ4n) is 10.4. The van der Waals surface area contributed by atoms with E-state index in [9.17, 15) is 0 Å². The zero-order valence-electron chi connectivity index (χ0n) is 33.2. The highest BCUT2D eigenvalue weighted by Gasteiger charge is 2.21. The van der Waals surface area contributed by atoms with E-state index in [1.54, 1.807) is 0 Å². The van der Waals surface area contributed by atoms with Crippen LogP contribution in [-0.2, 0) is 0 Å². The SMILES string of the molecule is c1ccc(-c2ccc3c4ccccc4c4ccccc4c3c2)c(-c2ccc(-c3c4ccccc4c(-c4cccc5sc6c7ccccc7ccc6c45)c4ccccc34)cc2)c1. The van der Waals surface area contributed by atoms with E-state index in [0.717, 1.165) is 0 Å². The van der Waals surface area contributed by atoms with Gasteiger partial charge in [-0.15, -0.1) is 11.3 Å². The van der Waals surface area contributed by atoms with E-state index >= 15 is 0 Å². The molecule has 1 heteroatoms. The number of thiophene rings is 1. The van der Waals surface area contributed by atoms with Crippen LogP contribution in [-0.4, -0.2) is 0 Å². The van der Waals surface area contributed by atoms with E-state index in [2.05, 4.69) is 218 Å². The van der Waals surface area contributed by atoms with Gasteiger partial charge in [-0.25, -0.2) is 0 Å². The molecule has 0 amide bonds. The molecule has 1 heterocycles. The zero-order valence-corrected chi connectivity index (χ0v) is 34.0. The van der Waals surface area contributed by atoms with Gasteiger partial charge in [-0.05, 0) is 121 Å². The van der Waals surface area contributed by atoms with Crippen molar-refractivity contribution in [2.75, 3.05) is 0 Å². The standard InChI is InChI=1S/C60H36S/c1-2-17-43-37(14-1)32-35-54-59-53(26-13-27-56(59)61-60(43)54)58-51-24-11-9-22-49(51)57(50-23-10-12-25-52(50)58)39-30-28-38(29-31-39)41-15-3-4-16-42(41)40-33-34-48-46-20-6-5-18-44(46)45-19-7-8-21-47(45)55(48)36-40/h1-36H. The molecule has 13 aromatic rings. The lowest BCUT2D eigenvalue weighted by atomic mass is 9.84. The molecule has 0 N–H and O–H groups in total. The molecule has 0 unspecified atom stereocenters. The Bertz CT molecular complexity index is 3830. The normalized spacial score (nSPS) is 11.9. The minimum Gasteiger partial charge on any atom is -0.135 e. The largest absolute Gasteiger partial charge is 0.135 e.